The van der Waals surface area contributed by atoms with Crippen LogP contribution in [0.2, 0.25) is 5.02 Å². The maximum atomic E-state index is 14.7. The summed E-state index contributed by atoms with van der Waals surface area (Å²) in [7, 11) is 0. The van der Waals surface area contributed by atoms with E-state index in [9.17, 15) is 8.78 Å². The molecular weight excluding hydrogens is 508 g/mol. The number of benzene rings is 3. The Morgan fingerprint density at radius 2 is 1.42 bits per heavy atom. The zero-order chi connectivity index (χ0) is 26.1. The monoisotopic (exact) mass is 525 g/mol. The number of fused-ring (bicyclic) bond motifs is 3. The first-order valence-electron chi connectivity index (χ1n) is 11.6. The minimum Gasteiger partial charge on any atom is -0.324 e. The highest BCUT2D eigenvalue weighted by molar-refractivity contribution is 6.31. The average Bonchev–Trinajstić information content (AvgIpc) is 3.07. The van der Waals surface area contributed by atoms with Gasteiger partial charge in [0.25, 0.3) is 0 Å². The van der Waals surface area contributed by atoms with Crippen molar-refractivity contribution in [1.82, 2.24) is 19.9 Å². The number of hydrogen-bond acceptors (Lipinski definition) is 7. The molecule has 3 heterocycles. The number of rotatable bonds is 5. The van der Waals surface area contributed by atoms with E-state index >= 15 is 0 Å². The molecule has 0 amide bonds. The Bertz CT molecular complexity index is 1660. The molecule has 0 spiro atoms. The van der Waals surface area contributed by atoms with Crippen LogP contribution in [0.15, 0.2) is 90.3 Å². The van der Waals surface area contributed by atoms with Gasteiger partial charge in [0.1, 0.15) is 11.6 Å². The van der Waals surface area contributed by atoms with Crippen LogP contribution in [-0.2, 0) is 6.54 Å². The van der Waals surface area contributed by atoms with Crippen molar-refractivity contribution < 1.29 is 8.78 Å². The average molecular weight is 526 g/mol. The summed E-state index contributed by atoms with van der Waals surface area (Å²) in [6.45, 7) is 0.146. The standard InChI is InChI=1S/C28H18ClF2N7/c29-17-5-10-20-21(13-17)26(24-22(30)3-1-4-23(24)31)34-14-16-15-35-28(38-25(16)20)37-19-8-6-18(7-9-19)36-27-32-11-2-12-33-27/h1-13,15H,14H2,(H,32,33,36)(H,35,37,38). The lowest BCUT2D eigenvalue weighted by atomic mass is 9.95. The van der Waals surface area contributed by atoms with Crippen LogP contribution in [0.5, 0.6) is 0 Å². The summed E-state index contributed by atoms with van der Waals surface area (Å²) in [5.74, 6) is -0.549. The molecule has 5 aromatic rings. The zero-order valence-corrected chi connectivity index (χ0v) is 20.4. The van der Waals surface area contributed by atoms with E-state index in [4.69, 9.17) is 16.6 Å². The lowest BCUT2D eigenvalue weighted by Crippen LogP contribution is -2.10. The summed E-state index contributed by atoms with van der Waals surface area (Å²) < 4.78 is 29.5. The molecule has 10 heteroatoms. The second kappa shape index (κ2) is 9.95. The molecule has 0 bridgehead atoms. The molecule has 0 aliphatic carbocycles. The Kier molecular flexibility index (Phi) is 6.19. The summed E-state index contributed by atoms with van der Waals surface area (Å²) in [4.78, 5) is 22.0. The van der Waals surface area contributed by atoms with Gasteiger partial charge in [0, 0.05) is 51.7 Å². The Morgan fingerprint density at radius 3 is 2.13 bits per heavy atom. The first kappa shape index (κ1) is 23.6. The van der Waals surface area contributed by atoms with E-state index < -0.39 is 11.6 Å². The fourth-order valence-electron chi connectivity index (χ4n) is 4.18. The minimum absolute atomic E-state index is 0.146. The molecule has 2 aromatic heterocycles. The molecule has 1 aliphatic heterocycles. The van der Waals surface area contributed by atoms with Crippen LogP contribution in [0.3, 0.4) is 0 Å². The number of anilines is 4. The summed E-state index contributed by atoms with van der Waals surface area (Å²) >= 11 is 6.29. The molecule has 3 aromatic carbocycles. The van der Waals surface area contributed by atoms with E-state index in [1.54, 1.807) is 42.9 Å². The molecule has 6 rings (SSSR count). The van der Waals surface area contributed by atoms with Gasteiger partial charge in [-0.05, 0) is 54.6 Å². The molecule has 1 aliphatic rings. The molecule has 0 radical (unpaired) electrons. The number of nitrogens with one attached hydrogen (secondary N) is 2. The maximum Gasteiger partial charge on any atom is 0.227 e. The van der Waals surface area contributed by atoms with Crippen LogP contribution in [-0.4, -0.2) is 25.6 Å². The highest BCUT2D eigenvalue weighted by Gasteiger charge is 2.25. The van der Waals surface area contributed by atoms with Crippen molar-refractivity contribution in [2.75, 3.05) is 10.6 Å². The number of nitrogens with zero attached hydrogens (tertiary/aromatic N) is 5. The van der Waals surface area contributed by atoms with Gasteiger partial charge < -0.3 is 10.6 Å². The van der Waals surface area contributed by atoms with E-state index in [-0.39, 0.29) is 17.8 Å². The quantitative estimate of drug-likeness (QED) is 0.265. The minimum atomic E-state index is -0.703. The zero-order valence-electron chi connectivity index (χ0n) is 19.7. The fourth-order valence-corrected chi connectivity index (χ4v) is 4.35. The number of hydrogen-bond donors (Lipinski definition) is 2. The van der Waals surface area contributed by atoms with E-state index in [0.29, 0.717) is 39.3 Å². The molecule has 0 atom stereocenters. The Morgan fingerprint density at radius 1 is 0.737 bits per heavy atom. The predicted molar refractivity (Wildman–Crippen MR) is 143 cm³/mol. The van der Waals surface area contributed by atoms with E-state index in [1.807, 2.05) is 24.3 Å². The maximum absolute atomic E-state index is 14.7. The Balaban J connectivity index is 1.33. The summed E-state index contributed by atoms with van der Waals surface area (Å²) in [5, 5.41) is 6.75. The van der Waals surface area contributed by atoms with Crippen molar-refractivity contribution in [2.45, 2.75) is 6.54 Å². The SMILES string of the molecule is Fc1cccc(F)c1C1=NCc2cnc(Nc3ccc(Nc4ncccn4)cc3)nc2-c2ccc(Cl)cc21. The molecule has 38 heavy (non-hydrogen) atoms. The van der Waals surface area contributed by atoms with Gasteiger partial charge in [0.05, 0.1) is 23.5 Å². The second-order valence-electron chi connectivity index (χ2n) is 8.42. The van der Waals surface area contributed by atoms with Crippen LogP contribution in [0.25, 0.3) is 11.3 Å². The second-order valence-corrected chi connectivity index (χ2v) is 8.86. The number of aromatic nitrogens is 4. The van der Waals surface area contributed by atoms with Crippen LogP contribution < -0.4 is 10.6 Å². The van der Waals surface area contributed by atoms with Gasteiger partial charge in [-0.3, -0.25) is 4.99 Å². The lowest BCUT2D eigenvalue weighted by molar-refractivity contribution is 0.579. The van der Waals surface area contributed by atoms with Gasteiger partial charge in [-0.2, -0.15) is 0 Å². The number of halogens is 3. The van der Waals surface area contributed by atoms with Crippen molar-refractivity contribution in [3.05, 3.63) is 119 Å². The molecule has 0 unspecified atom stereocenters. The third-order valence-corrected chi connectivity index (χ3v) is 6.16. The van der Waals surface area contributed by atoms with E-state index in [1.165, 1.54) is 18.2 Å². The largest absolute Gasteiger partial charge is 0.324 e. The highest BCUT2D eigenvalue weighted by Crippen LogP contribution is 2.34. The van der Waals surface area contributed by atoms with Gasteiger partial charge in [-0.1, -0.05) is 23.7 Å². The van der Waals surface area contributed by atoms with Crippen LogP contribution in [0.4, 0.5) is 32.1 Å². The first-order chi connectivity index (χ1) is 18.5. The van der Waals surface area contributed by atoms with E-state index in [0.717, 1.165) is 11.4 Å². The third kappa shape index (κ3) is 4.67. The topological polar surface area (TPSA) is 88.0 Å². The normalized spacial score (nSPS) is 12.1. The van der Waals surface area contributed by atoms with Crippen LogP contribution in [0, 0.1) is 11.6 Å². The summed E-state index contributed by atoms with van der Waals surface area (Å²) in [6.07, 6.45) is 4.98. The van der Waals surface area contributed by atoms with Crippen molar-refractivity contribution >= 4 is 40.6 Å². The molecule has 0 saturated heterocycles. The summed E-state index contributed by atoms with van der Waals surface area (Å²) in [5.41, 5.74) is 4.01. The predicted octanol–water partition coefficient (Wildman–Crippen LogP) is 6.70. The van der Waals surface area contributed by atoms with Crippen molar-refractivity contribution in [3.63, 3.8) is 0 Å². The molecular formula is C28H18ClF2N7. The molecule has 0 saturated carbocycles. The summed E-state index contributed by atoms with van der Waals surface area (Å²) in [6, 6.07) is 18.1. The van der Waals surface area contributed by atoms with Gasteiger partial charge in [0.2, 0.25) is 11.9 Å². The molecule has 2 N–H and O–H groups in total. The fraction of sp³-hybridized carbons (Fsp3) is 0.0357. The smallest absolute Gasteiger partial charge is 0.227 e. The van der Waals surface area contributed by atoms with Gasteiger partial charge in [-0.15, -0.1) is 0 Å². The lowest BCUT2D eigenvalue weighted by Gasteiger charge is -2.13. The van der Waals surface area contributed by atoms with Crippen LogP contribution in [0.1, 0.15) is 16.7 Å². The third-order valence-electron chi connectivity index (χ3n) is 5.93. The molecule has 7 nitrogen and oxygen atoms in total. The highest BCUT2D eigenvalue weighted by atomic mass is 35.5. The number of aliphatic imine (C=N–C) groups is 1. The van der Waals surface area contributed by atoms with Crippen LogP contribution >= 0.6 is 11.6 Å². The van der Waals surface area contributed by atoms with Crippen molar-refractivity contribution in [2.24, 2.45) is 4.99 Å². The van der Waals surface area contributed by atoms with Crippen molar-refractivity contribution in [3.8, 4) is 11.3 Å². The first-order valence-corrected chi connectivity index (χ1v) is 12.0. The molecule has 186 valence electrons. The van der Waals surface area contributed by atoms with E-state index in [2.05, 4.69) is 30.6 Å². The van der Waals surface area contributed by atoms with Crippen molar-refractivity contribution in [1.29, 1.82) is 0 Å². The molecule has 0 fully saturated rings. The van der Waals surface area contributed by atoms with Gasteiger partial charge >= 0.3 is 0 Å². The Labute approximate surface area is 221 Å². The van der Waals surface area contributed by atoms with Gasteiger partial charge in [0.15, 0.2) is 0 Å². The Hall–Kier alpha value is -4.76. The van der Waals surface area contributed by atoms with Gasteiger partial charge in [-0.25, -0.2) is 28.7 Å².